The Labute approximate surface area is 595 Å². The van der Waals surface area contributed by atoms with Crippen LogP contribution in [0.3, 0.4) is 0 Å². The zero-order valence-corrected chi connectivity index (χ0v) is 64.0. The van der Waals surface area contributed by atoms with Gasteiger partial charge in [-0.25, -0.2) is 4.57 Å². The van der Waals surface area contributed by atoms with Crippen LogP contribution in [0.1, 0.15) is 406 Å². The molecule has 0 saturated heterocycles. The first kappa shape index (κ1) is 92.9. The summed E-state index contributed by atoms with van der Waals surface area (Å²) >= 11 is 0. The molecule has 558 valence electrons. The lowest BCUT2D eigenvalue weighted by atomic mass is 10.0. The van der Waals surface area contributed by atoms with Crippen molar-refractivity contribution < 1.29 is 37.6 Å². The molecular weight excluding hydrogens is 1210 g/mol. The van der Waals surface area contributed by atoms with Crippen LogP contribution in [0.15, 0.2) is 97.2 Å². The number of carbonyl (C=O) groups excluding carboxylic acids is 2. The van der Waals surface area contributed by atoms with E-state index >= 15 is 0 Å². The molecule has 0 aliphatic rings. The van der Waals surface area contributed by atoms with Gasteiger partial charge in [-0.05, 0) is 77.0 Å². The fourth-order valence-electron chi connectivity index (χ4n) is 12.2. The van der Waals surface area contributed by atoms with Gasteiger partial charge in [-0.1, -0.05) is 413 Å². The van der Waals surface area contributed by atoms with Crippen LogP contribution >= 0.6 is 7.82 Å². The van der Waals surface area contributed by atoms with Gasteiger partial charge in [0.15, 0.2) is 6.10 Å². The summed E-state index contributed by atoms with van der Waals surface area (Å²) in [6, 6.07) is 0. The summed E-state index contributed by atoms with van der Waals surface area (Å²) in [4.78, 5) is 35.5. The summed E-state index contributed by atoms with van der Waals surface area (Å²) in [5, 5.41) is 0. The third-order valence-corrected chi connectivity index (χ3v) is 19.2. The first-order chi connectivity index (χ1) is 47.3. The molecule has 0 aromatic heterocycles. The highest BCUT2D eigenvalue weighted by molar-refractivity contribution is 7.47. The summed E-state index contributed by atoms with van der Waals surface area (Å²) in [6.45, 7) is 3.68. The van der Waals surface area contributed by atoms with Crippen molar-refractivity contribution in [3.05, 3.63) is 97.2 Å². The normalized spacial score (nSPS) is 13.3. The first-order valence-corrected chi connectivity index (χ1v) is 42.7. The van der Waals surface area contributed by atoms with Gasteiger partial charge in [0.1, 0.15) is 6.61 Å². The van der Waals surface area contributed by atoms with Gasteiger partial charge >= 0.3 is 19.8 Å². The molecule has 0 amide bonds. The maximum atomic E-state index is 12.8. The largest absolute Gasteiger partial charge is 0.472 e. The lowest BCUT2D eigenvalue weighted by molar-refractivity contribution is -0.161. The monoisotopic (exact) mass is 1360 g/mol. The highest BCUT2D eigenvalue weighted by Gasteiger charge is 2.26. The van der Waals surface area contributed by atoms with E-state index in [1.54, 1.807) is 0 Å². The van der Waals surface area contributed by atoms with E-state index in [0.717, 1.165) is 96.3 Å². The molecule has 0 aromatic rings. The Morgan fingerprint density at radius 2 is 0.573 bits per heavy atom. The fraction of sp³-hybridized carbons (Fsp3) is 0.791. The quantitative estimate of drug-likeness (QED) is 0.0264. The number of carbonyl (C=O) groups is 2. The summed E-state index contributed by atoms with van der Waals surface area (Å²) in [5.41, 5.74) is 5.42. The number of hydrogen-bond donors (Lipinski definition) is 2. The summed E-state index contributed by atoms with van der Waals surface area (Å²) in [6.07, 6.45) is 111. The molecule has 0 bridgehead atoms. The molecule has 0 spiro atoms. The van der Waals surface area contributed by atoms with E-state index in [1.165, 1.54) is 276 Å². The molecular formula is C86H156NO8P. The van der Waals surface area contributed by atoms with E-state index < -0.39 is 26.5 Å². The summed E-state index contributed by atoms with van der Waals surface area (Å²) < 4.78 is 33.3. The summed E-state index contributed by atoms with van der Waals surface area (Å²) in [7, 11) is -4.40. The molecule has 0 aliphatic carbocycles. The van der Waals surface area contributed by atoms with Crippen molar-refractivity contribution in [2.45, 2.75) is 412 Å². The average molecular weight is 1360 g/mol. The Hall–Kier alpha value is -3.07. The minimum atomic E-state index is -4.40. The lowest BCUT2D eigenvalue weighted by Gasteiger charge is -2.19. The van der Waals surface area contributed by atoms with Gasteiger partial charge in [0.2, 0.25) is 0 Å². The van der Waals surface area contributed by atoms with Crippen LogP contribution in [0.5, 0.6) is 0 Å². The molecule has 3 N–H and O–H groups in total. The minimum Gasteiger partial charge on any atom is -0.462 e. The molecule has 9 nitrogen and oxygen atoms in total. The van der Waals surface area contributed by atoms with Crippen LogP contribution in [-0.2, 0) is 32.7 Å². The van der Waals surface area contributed by atoms with Crippen molar-refractivity contribution in [2.24, 2.45) is 5.73 Å². The van der Waals surface area contributed by atoms with Gasteiger partial charge in [-0.3, -0.25) is 18.6 Å². The zero-order valence-electron chi connectivity index (χ0n) is 63.1. The van der Waals surface area contributed by atoms with Gasteiger partial charge in [0.05, 0.1) is 13.2 Å². The van der Waals surface area contributed by atoms with E-state index in [1.807, 2.05) is 0 Å². The Morgan fingerprint density at radius 3 is 0.854 bits per heavy atom. The zero-order chi connectivity index (χ0) is 69.3. The van der Waals surface area contributed by atoms with Crippen LogP contribution in [-0.4, -0.2) is 49.3 Å². The van der Waals surface area contributed by atoms with E-state index in [0.29, 0.717) is 6.42 Å². The number of phosphoric ester groups is 1. The number of esters is 2. The average Bonchev–Trinajstić information content (AvgIpc) is 3.50. The second-order valence-electron chi connectivity index (χ2n) is 27.6. The van der Waals surface area contributed by atoms with Gasteiger partial charge < -0.3 is 20.1 Å². The third kappa shape index (κ3) is 79.9. The topological polar surface area (TPSA) is 134 Å². The first-order valence-electron chi connectivity index (χ1n) is 41.2. The molecule has 0 heterocycles. The number of phosphoric acid groups is 1. The predicted octanol–water partition coefficient (Wildman–Crippen LogP) is 27.8. The number of hydrogen-bond acceptors (Lipinski definition) is 8. The van der Waals surface area contributed by atoms with Crippen LogP contribution in [0.25, 0.3) is 0 Å². The van der Waals surface area contributed by atoms with E-state index in [2.05, 4.69) is 111 Å². The Balaban J connectivity index is 3.79. The highest BCUT2D eigenvalue weighted by Crippen LogP contribution is 2.43. The van der Waals surface area contributed by atoms with E-state index in [9.17, 15) is 19.0 Å². The fourth-order valence-corrected chi connectivity index (χ4v) is 13.0. The van der Waals surface area contributed by atoms with Crippen molar-refractivity contribution in [3.8, 4) is 0 Å². The molecule has 0 fully saturated rings. The minimum absolute atomic E-state index is 0.0506. The molecule has 96 heavy (non-hydrogen) atoms. The molecule has 10 heteroatoms. The van der Waals surface area contributed by atoms with Crippen molar-refractivity contribution in [1.82, 2.24) is 0 Å². The molecule has 0 aliphatic heterocycles. The van der Waals surface area contributed by atoms with Gasteiger partial charge in [-0.15, -0.1) is 0 Å². The molecule has 0 saturated carbocycles. The maximum Gasteiger partial charge on any atom is 0.472 e. The second kappa shape index (κ2) is 80.9. The second-order valence-corrected chi connectivity index (χ2v) is 29.1. The van der Waals surface area contributed by atoms with Crippen molar-refractivity contribution >= 4 is 19.8 Å². The highest BCUT2D eigenvalue weighted by atomic mass is 31.2. The molecule has 0 radical (unpaired) electrons. The molecule has 2 atom stereocenters. The van der Waals surface area contributed by atoms with Crippen molar-refractivity contribution in [2.75, 3.05) is 26.4 Å². The number of rotatable bonds is 78. The summed E-state index contributed by atoms with van der Waals surface area (Å²) in [5.74, 6) is -0.819. The molecule has 0 aromatic carbocycles. The van der Waals surface area contributed by atoms with Crippen LogP contribution in [0.2, 0.25) is 0 Å². The standard InChI is InChI=1S/C86H156NO8P/c1-3-5-7-9-11-13-15-17-19-21-23-25-27-29-31-33-35-37-39-40-41-42-43-45-46-48-50-52-54-56-58-60-62-64-66-68-70-72-74-76-78-85(88)92-82-84(83-94-96(90,91)93-81-80-87)95-86(89)79-77-75-73-71-69-67-65-63-61-59-57-55-53-51-49-47-44-38-36-34-32-30-28-26-24-22-20-18-16-14-12-10-8-6-4-2/h6,8,12,14,18,20,24,26,30,32,36,38,47,49,53,55,84H,3-5,7,9-11,13,15-17,19,21-23,25,27-29,31,33-35,37,39-46,48,50-52,54,56-83,87H2,1-2H3,(H,90,91)/b8-6-,14-12-,20-18-,26-24-,32-30-,38-36-,49-47-,55-53-. The molecule has 0 rings (SSSR count). The number of allylic oxidation sites excluding steroid dienone is 16. The smallest absolute Gasteiger partial charge is 0.462 e. The Kier molecular flexibility index (Phi) is 78.3. The van der Waals surface area contributed by atoms with Gasteiger partial charge in [0, 0.05) is 19.4 Å². The van der Waals surface area contributed by atoms with Crippen molar-refractivity contribution in [1.29, 1.82) is 0 Å². The van der Waals surface area contributed by atoms with Crippen LogP contribution in [0.4, 0.5) is 0 Å². The maximum absolute atomic E-state index is 12.8. The van der Waals surface area contributed by atoms with Gasteiger partial charge in [-0.2, -0.15) is 0 Å². The lowest BCUT2D eigenvalue weighted by Crippen LogP contribution is -2.29. The number of ether oxygens (including phenoxy) is 2. The Bertz CT molecular complexity index is 1900. The van der Waals surface area contributed by atoms with E-state index in [4.69, 9.17) is 24.3 Å². The number of nitrogens with two attached hydrogens (primary N) is 1. The Morgan fingerprint density at radius 1 is 0.323 bits per heavy atom. The molecule has 2 unspecified atom stereocenters. The van der Waals surface area contributed by atoms with E-state index in [-0.39, 0.29) is 38.6 Å². The van der Waals surface area contributed by atoms with Gasteiger partial charge in [0.25, 0.3) is 0 Å². The van der Waals surface area contributed by atoms with Crippen molar-refractivity contribution in [3.63, 3.8) is 0 Å². The number of unbranched alkanes of at least 4 members (excludes halogenated alkanes) is 49. The SMILES string of the molecule is CC/C=C\C/C=C\C/C=C\C/C=C\C/C=C\C/C=C\C/C=C\C/C=C\CCCCCCCCCCCCC(=O)OC(COC(=O)CCCCCCCCCCCCCCCCCCCCCCCCCCCCCCCCCCCCCCCCCC)COP(=O)(O)OCCN. The van der Waals surface area contributed by atoms with Crippen LogP contribution < -0.4 is 5.73 Å². The van der Waals surface area contributed by atoms with Crippen LogP contribution in [0, 0.1) is 0 Å². The third-order valence-electron chi connectivity index (χ3n) is 18.2. The predicted molar refractivity (Wildman–Crippen MR) is 418 cm³/mol.